The number of fused-ring (bicyclic) bond motifs is 5. The van der Waals surface area contributed by atoms with Gasteiger partial charge in [-0.3, -0.25) is 29.0 Å². The Bertz CT molecular complexity index is 3970. The number of piperidine rings is 1. The molecule has 1 unspecified atom stereocenters. The lowest BCUT2D eigenvalue weighted by Crippen LogP contribution is -2.61. The maximum Gasteiger partial charge on any atom is 0.329 e. The number of anilines is 2. The summed E-state index contributed by atoms with van der Waals surface area (Å²) in [5.41, 5.74) is 18.2. The maximum absolute atomic E-state index is 14.8. The van der Waals surface area contributed by atoms with Crippen molar-refractivity contribution >= 4 is 63.8 Å². The molecule has 1 saturated carbocycles. The summed E-state index contributed by atoms with van der Waals surface area (Å²) in [6.45, 7) is 17.5. The largest absolute Gasteiger partial charge is 0.460 e. The van der Waals surface area contributed by atoms with E-state index in [9.17, 15) is 39.0 Å². The Labute approximate surface area is 674 Å². The molecule has 1 aromatic carbocycles. The number of ether oxygens (including phenoxy) is 11. The fourth-order valence-corrected chi connectivity index (χ4v) is 15.8. The van der Waals surface area contributed by atoms with Crippen molar-refractivity contribution in [3.8, 4) is 0 Å². The number of hydrogen-bond donors (Lipinski definition) is 5. The van der Waals surface area contributed by atoms with Crippen molar-refractivity contribution in [2.45, 2.75) is 225 Å². The number of rotatable bonds is 33. The molecule has 1 aliphatic carbocycles. The van der Waals surface area contributed by atoms with Crippen LogP contribution in [0.1, 0.15) is 180 Å². The lowest BCUT2D eigenvalue weighted by Gasteiger charge is -2.42. The molecule has 9 rings (SSSR count). The number of aromatic nitrogens is 6. The summed E-state index contributed by atoms with van der Waals surface area (Å²) in [6, 6.07) is 4.27. The number of hydrogen-bond acceptors (Lipinski definition) is 28. The quantitative estimate of drug-likeness (QED) is 0.0129. The first-order valence-electron chi connectivity index (χ1n) is 40.9. The molecular weight excluding hydrogens is 1480 g/mol. The number of nitrogens with one attached hydrogen (secondary N) is 1. The van der Waals surface area contributed by atoms with Gasteiger partial charge >= 0.3 is 5.97 Å². The molecule has 0 radical (unpaired) electrons. The first-order valence-corrected chi connectivity index (χ1v) is 40.9. The van der Waals surface area contributed by atoms with Gasteiger partial charge < -0.3 is 88.4 Å². The summed E-state index contributed by atoms with van der Waals surface area (Å²) in [5, 5.41) is 35.2. The molecule has 4 aliphatic heterocycles. The van der Waals surface area contributed by atoms with E-state index in [4.69, 9.17) is 73.0 Å². The Morgan fingerprint density at radius 3 is 2.30 bits per heavy atom. The van der Waals surface area contributed by atoms with Crippen LogP contribution in [-0.2, 0) is 94.0 Å². The van der Waals surface area contributed by atoms with E-state index in [2.05, 4.69) is 30.6 Å². The third-order valence-corrected chi connectivity index (χ3v) is 22.6. The smallest absolute Gasteiger partial charge is 0.329 e. The molecule has 16 atom stereocenters. The molecule has 7 N–H and O–H groups in total. The monoisotopic (exact) mass is 1610 g/mol. The Balaban J connectivity index is 0.658. The van der Waals surface area contributed by atoms with Crippen LogP contribution in [0, 0.1) is 35.5 Å². The molecule has 115 heavy (non-hydrogen) atoms. The second-order valence-electron chi connectivity index (χ2n) is 31.3. The zero-order chi connectivity index (χ0) is 82.6. The molecule has 4 aromatic rings. The molecule has 2 bridgehead atoms. The molecule has 31 nitrogen and oxygen atoms in total. The predicted octanol–water partition coefficient (Wildman–Crippen LogP) is 8.44. The van der Waals surface area contributed by atoms with E-state index in [1.807, 2.05) is 70.2 Å². The molecule has 2 amide bonds. The van der Waals surface area contributed by atoms with Gasteiger partial charge in [-0.05, 0) is 144 Å². The Hall–Kier alpha value is -7.92. The molecule has 3 fully saturated rings. The molecule has 7 heterocycles. The topological polar surface area (TPSA) is 407 Å². The standard InChI is InChI=1S/C84H123N11O20/c1-52-18-12-11-13-19-53(2)69(104-8)47-62-25-22-58(7)84(103,115-62)79(100)81(101)95-30-17-15-21-65(95)82(102)113-70(48-66(96)54(3)43-57(6)77(99)78(106-10)76(98)56(5)42-52)55(4)44-59-23-26-68(71(45-59)105-9)112-41-40-111-50-61-49-94(93-92-61)31-33-108-35-37-110-39-38-109-36-34-107-32-28-72(97)87-29-16-14-20-63-75-73(80(85)89-51-88-75)74(90-63)60-24-27-67-64(46-60)91-83(86)114-67/h11-13,18-19,24,27,43,46,49,51-52,54-56,58-59,62-63,65,68-71,77-78,99,103H,14-17,20-23,25-26,28-42,44-45,47-48,50H2,1-10H3,(H2,86,91)(H,87,97)(H2,85,88,89)/b13-11+,18-12+,53-19+,57-43+/t52-,54-,55-,56-,58-,59+,62+,63?,65+,68-,69+,70+,71-,77-,78+,84-/m1/s1. The first kappa shape index (κ1) is 91.0. The van der Waals surface area contributed by atoms with Gasteiger partial charge in [0.2, 0.25) is 11.7 Å². The first-order chi connectivity index (χ1) is 55.4. The van der Waals surface area contributed by atoms with E-state index in [1.165, 1.54) is 18.3 Å². The van der Waals surface area contributed by atoms with Crippen LogP contribution in [0.4, 0.5) is 11.8 Å². The summed E-state index contributed by atoms with van der Waals surface area (Å²) in [7, 11) is 4.60. The molecule has 5 aliphatic rings. The number of nitrogens with two attached hydrogens (primary N) is 2. The SMILES string of the molecule is CO[C@H]1C[C@@H]2CC[C@@H](C)[C@@](O)(O2)C(=O)C(=O)N2CCCC[C@H]2C(=O)O[C@H]([C@H](C)C[C@@H]2CC[C@@H](OCCOCc3cn(CCOCCOCCOCCOCCC(=O)NCCCCC4N=C(c5ccc6oc(N)nc6c5)c5c(N)ncnc54)nn3)[C@H](OC)C2)CC(=O)[C@H](C)/C=C(\C)[C@@H](O)[C@@H](OC)C(=O)[C@H](C)C[C@H](C)/C=C/C=C/C=C/1C. The Morgan fingerprint density at radius 1 is 0.800 bits per heavy atom. The van der Waals surface area contributed by atoms with Crippen LogP contribution in [0.15, 0.2) is 87.7 Å². The number of methoxy groups -OCH3 is 3. The predicted molar refractivity (Wildman–Crippen MR) is 427 cm³/mol. The number of benzene rings is 1. The zero-order valence-corrected chi connectivity index (χ0v) is 68.7. The average Bonchev–Trinajstić information content (AvgIpc) is 0.885. The number of ketones is 3. The number of aliphatic hydroxyl groups excluding tert-OH is 1. The number of unbranched alkanes of at least 4 members (excludes halogenated alkanes) is 1. The number of oxazole rings is 1. The van der Waals surface area contributed by atoms with Gasteiger partial charge in [-0.2, -0.15) is 4.98 Å². The summed E-state index contributed by atoms with van der Waals surface area (Å²) >= 11 is 0. The van der Waals surface area contributed by atoms with Crippen molar-refractivity contribution < 1.29 is 95.5 Å². The minimum absolute atomic E-state index is 0.00842. The average molecular weight is 1610 g/mol. The summed E-state index contributed by atoms with van der Waals surface area (Å²) in [5.74, 6) is -8.03. The van der Waals surface area contributed by atoms with Gasteiger partial charge in [-0.1, -0.05) is 76.3 Å². The van der Waals surface area contributed by atoms with Crippen LogP contribution in [0.3, 0.4) is 0 Å². The van der Waals surface area contributed by atoms with Crippen molar-refractivity contribution in [2.75, 3.05) is 112 Å². The van der Waals surface area contributed by atoms with Crippen LogP contribution in [0.2, 0.25) is 0 Å². The second kappa shape index (κ2) is 45.7. The number of cyclic esters (lactones) is 1. The molecular formula is C84H123N11O20. The van der Waals surface area contributed by atoms with Crippen LogP contribution >= 0.6 is 0 Å². The second-order valence-corrected chi connectivity index (χ2v) is 31.3. The van der Waals surface area contributed by atoms with Gasteiger partial charge in [0.25, 0.3) is 17.7 Å². The fourth-order valence-electron chi connectivity index (χ4n) is 15.8. The highest BCUT2D eigenvalue weighted by Crippen LogP contribution is 2.40. The number of Topliss-reactive ketones (excluding diaryl/α,β-unsaturated/α-hetero) is 3. The number of aliphatic hydroxyl groups is 2. The van der Waals surface area contributed by atoms with Crippen molar-refractivity contribution in [2.24, 2.45) is 40.5 Å². The highest BCUT2D eigenvalue weighted by atomic mass is 16.6. The Kier molecular flexibility index (Phi) is 36.2. The number of nitrogen functional groups attached to an aromatic ring is 2. The van der Waals surface area contributed by atoms with E-state index in [1.54, 1.807) is 58.0 Å². The number of aliphatic imine (C=N–C) groups is 1. The van der Waals surface area contributed by atoms with Crippen LogP contribution < -0.4 is 16.8 Å². The summed E-state index contributed by atoms with van der Waals surface area (Å²) < 4.78 is 72.3. The van der Waals surface area contributed by atoms with Gasteiger partial charge in [0.1, 0.15) is 53.5 Å². The molecule has 2 saturated heterocycles. The fraction of sp³-hybridized carbons (Fsp3) is 0.667. The zero-order valence-electron chi connectivity index (χ0n) is 68.7. The number of carbonyl (C=O) groups is 6. The third kappa shape index (κ3) is 26.3. The number of esters is 1. The van der Waals surface area contributed by atoms with Crippen LogP contribution in [0.5, 0.6) is 0 Å². The number of allylic oxidation sites excluding steroid dienone is 6. The van der Waals surface area contributed by atoms with E-state index in [-0.39, 0.29) is 98.5 Å². The minimum atomic E-state index is -2.47. The van der Waals surface area contributed by atoms with Crippen molar-refractivity contribution in [1.82, 2.24) is 40.2 Å². The van der Waals surface area contributed by atoms with Gasteiger partial charge in [-0.15, -0.1) is 5.10 Å². The third-order valence-electron chi connectivity index (χ3n) is 22.6. The van der Waals surface area contributed by atoms with Gasteiger partial charge in [-0.25, -0.2) is 19.4 Å². The Morgan fingerprint density at radius 2 is 1.55 bits per heavy atom. The highest BCUT2D eigenvalue weighted by Gasteiger charge is 2.53. The number of amides is 2. The van der Waals surface area contributed by atoms with Crippen molar-refractivity contribution in [1.29, 1.82) is 0 Å². The van der Waals surface area contributed by atoms with Crippen LogP contribution in [0.25, 0.3) is 11.1 Å². The summed E-state index contributed by atoms with van der Waals surface area (Å²) in [6.07, 6.45) is 17.2. The van der Waals surface area contributed by atoms with E-state index in [0.717, 1.165) is 48.1 Å². The van der Waals surface area contributed by atoms with E-state index < -0.39 is 77.8 Å². The number of carbonyl (C=O) groups excluding carboxylic acids is 6. The number of nitrogens with zero attached hydrogens (tertiary/aromatic N) is 8. The molecule has 3 aromatic heterocycles. The molecule has 634 valence electrons. The van der Waals surface area contributed by atoms with Crippen LogP contribution in [-0.4, -0.2) is 241 Å². The van der Waals surface area contributed by atoms with E-state index >= 15 is 0 Å². The van der Waals surface area contributed by atoms with Gasteiger partial charge in [0, 0.05) is 77.0 Å². The lowest BCUT2D eigenvalue weighted by atomic mass is 9.78. The van der Waals surface area contributed by atoms with Crippen molar-refractivity contribution in [3.05, 3.63) is 101 Å². The van der Waals surface area contributed by atoms with Gasteiger partial charge in [0.05, 0.1) is 133 Å². The lowest BCUT2D eigenvalue weighted by molar-refractivity contribution is -0.265. The summed E-state index contributed by atoms with van der Waals surface area (Å²) in [4.78, 5) is 104. The molecule has 31 heteroatoms. The van der Waals surface area contributed by atoms with Crippen molar-refractivity contribution in [3.63, 3.8) is 0 Å². The maximum atomic E-state index is 14.8. The minimum Gasteiger partial charge on any atom is -0.460 e. The van der Waals surface area contributed by atoms with Gasteiger partial charge in [0.15, 0.2) is 11.4 Å². The highest BCUT2D eigenvalue weighted by molar-refractivity contribution is 6.39. The normalized spacial score (nSPS) is 29.1. The van der Waals surface area contributed by atoms with E-state index in [0.29, 0.717) is 164 Å². The molecule has 0 spiro atoms.